The van der Waals surface area contributed by atoms with Crippen LogP contribution < -0.4 is 0 Å². The lowest BCUT2D eigenvalue weighted by molar-refractivity contribution is 1.18. The van der Waals surface area contributed by atoms with Crippen LogP contribution in [0.3, 0.4) is 0 Å². The number of fused-ring (bicyclic) bond motifs is 2. The molecule has 9 aromatic carbocycles. The summed E-state index contributed by atoms with van der Waals surface area (Å²) in [6, 6.07) is 80.5. The van der Waals surface area contributed by atoms with Gasteiger partial charge in [-0.1, -0.05) is 212 Å². The Hall–Kier alpha value is -8.34. The van der Waals surface area contributed by atoms with Gasteiger partial charge >= 0.3 is 0 Å². The van der Waals surface area contributed by atoms with Crippen molar-refractivity contribution in [1.82, 2.24) is 19.9 Å². The fraction of sp³-hybridized carbons (Fsp3) is 0. The third-order valence-electron chi connectivity index (χ3n) is 11.5. The number of hydrogen-bond donors (Lipinski definition) is 0. The minimum Gasteiger partial charge on any atom is -0.228 e. The van der Waals surface area contributed by atoms with Crippen LogP contribution in [0.2, 0.25) is 0 Å². The highest BCUT2D eigenvalue weighted by molar-refractivity contribution is 6.07. The molecule has 4 heteroatoms. The second kappa shape index (κ2) is 16.0. The Kier molecular flexibility index (Phi) is 9.49. The minimum absolute atomic E-state index is 0.703. The van der Waals surface area contributed by atoms with Gasteiger partial charge in [-0.05, 0) is 62.0 Å². The van der Waals surface area contributed by atoms with Gasteiger partial charge in [-0.2, -0.15) is 0 Å². The van der Waals surface area contributed by atoms with Crippen LogP contribution in [0.4, 0.5) is 0 Å². The van der Waals surface area contributed by atoms with E-state index in [9.17, 15) is 0 Å². The quantitative estimate of drug-likeness (QED) is 0.154. The lowest BCUT2D eigenvalue weighted by Gasteiger charge is -2.16. The first-order valence-electron chi connectivity index (χ1n) is 20.9. The van der Waals surface area contributed by atoms with Crippen molar-refractivity contribution in [3.63, 3.8) is 0 Å². The molecule has 2 aromatic heterocycles. The summed E-state index contributed by atoms with van der Waals surface area (Å²) in [5.74, 6) is 1.41. The van der Waals surface area contributed by atoms with Crippen LogP contribution in [0.1, 0.15) is 0 Å². The highest BCUT2D eigenvalue weighted by Crippen LogP contribution is 2.41. The summed E-state index contributed by atoms with van der Waals surface area (Å²) in [7, 11) is 0. The maximum atomic E-state index is 5.18. The summed E-state index contributed by atoms with van der Waals surface area (Å²) in [6.45, 7) is 0. The zero-order chi connectivity index (χ0) is 41.2. The maximum absolute atomic E-state index is 5.18. The van der Waals surface area contributed by atoms with Gasteiger partial charge in [0.25, 0.3) is 0 Å². The first kappa shape index (κ1) is 36.7. The summed E-state index contributed by atoms with van der Waals surface area (Å²) < 4.78 is 0. The molecule has 0 saturated carbocycles. The van der Waals surface area contributed by atoms with Gasteiger partial charge in [0, 0.05) is 33.4 Å². The molecule has 11 rings (SSSR count). The molecule has 0 N–H and O–H groups in total. The Labute approximate surface area is 360 Å². The van der Waals surface area contributed by atoms with Crippen molar-refractivity contribution in [2.75, 3.05) is 0 Å². The molecule has 0 aliphatic heterocycles. The van der Waals surface area contributed by atoms with E-state index in [2.05, 4.69) is 182 Å². The summed E-state index contributed by atoms with van der Waals surface area (Å²) in [6.07, 6.45) is 0. The highest BCUT2D eigenvalue weighted by atomic mass is 14.9. The van der Waals surface area contributed by atoms with E-state index < -0.39 is 0 Å². The normalized spacial score (nSPS) is 11.2. The largest absolute Gasteiger partial charge is 0.228 e. The lowest BCUT2D eigenvalue weighted by atomic mass is 9.90. The van der Waals surface area contributed by atoms with Crippen LogP contribution in [-0.2, 0) is 0 Å². The zero-order valence-electron chi connectivity index (χ0n) is 33.7. The van der Waals surface area contributed by atoms with Gasteiger partial charge in [-0.25, -0.2) is 19.9 Å². The number of rotatable bonds is 8. The molecular formula is C58H38N4. The number of hydrogen-bond acceptors (Lipinski definition) is 4. The van der Waals surface area contributed by atoms with Crippen LogP contribution >= 0.6 is 0 Å². The molecule has 0 atom stereocenters. The van der Waals surface area contributed by atoms with Crippen LogP contribution in [0.15, 0.2) is 231 Å². The van der Waals surface area contributed by atoms with E-state index in [0.29, 0.717) is 11.6 Å². The molecule has 290 valence electrons. The van der Waals surface area contributed by atoms with Crippen LogP contribution in [0, 0.1) is 0 Å². The molecule has 0 bridgehead atoms. The number of aromatic nitrogens is 4. The molecule has 0 amide bonds. The topological polar surface area (TPSA) is 51.6 Å². The summed E-state index contributed by atoms with van der Waals surface area (Å²) in [4.78, 5) is 20.5. The van der Waals surface area contributed by atoms with Crippen molar-refractivity contribution in [2.45, 2.75) is 0 Å². The SMILES string of the molecule is c1ccc(-c2cc(-c3ccc(-c4cccc(-c5ccc(-c6cc(-c7ccccc7)nc(-c7ccccc7)n6)c6ccccc56)c4)c4ccccc34)nc(-c3ccccc3)n2)cc1. The van der Waals surface area contributed by atoms with E-state index in [4.69, 9.17) is 19.9 Å². The summed E-state index contributed by atoms with van der Waals surface area (Å²) in [5, 5.41) is 4.60. The molecule has 0 unspecified atom stereocenters. The third-order valence-corrected chi connectivity index (χ3v) is 11.5. The molecule has 62 heavy (non-hydrogen) atoms. The number of nitrogens with zero attached hydrogens (tertiary/aromatic N) is 4. The van der Waals surface area contributed by atoms with Crippen LogP contribution in [-0.4, -0.2) is 19.9 Å². The average molecular weight is 791 g/mol. The number of benzene rings is 9. The van der Waals surface area contributed by atoms with Gasteiger partial charge in [0.1, 0.15) is 0 Å². The maximum Gasteiger partial charge on any atom is 0.160 e. The smallest absolute Gasteiger partial charge is 0.160 e. The monoisotopic (exact) mass is 790 g/mol. The molecule has 0 saturated heterocycles. The van der Waals surface area contributed by atoms with Crippen molar-refractivity contribution >= 4 is 21.5 Å². The fourth-order valence-electron chi connectivity index (χ4n) is 8.52. The molecular weight excluding hydrogens is 753 g/mol. The molecule has 11 aromatic rings. The van der Waals surface area contributed by atoms with Crippen LogP contribution in [0.5, 0.6) is 0 Å². The first-order valence-corrected chi connectivity index (χ1v) is 20.9. The van der Waals surface area contributed by atoms with E-state index >= 15 is 0 Å². The Morgan fingerprint density at radius 1 is 0.194 bits per heavy atom. The van der Waals surface area contributed by atoms with E-state index in [-0.39, 0.29) is 0 Å². The standard InChI is InChI=1S/C58H38N4/c1-5-18-39(19-6-1)53-37-55(61-57(59-53)41-22-9-3-10-23-41)51-34-32-45(47-28-13-15-30-49(47)51)43-26-17-27-44(36-43)46-33-35-52(50-31-16-14-29-48(46)50)56-38-54(40-20-7-2-8-21-40)60-58(62-56)42-24-11-4-12-25-42/h1-38H. The Balaban J connectivity index is 1.02. The predicted molar refractivity (Wildman–Crippen MR) is 256 cm³/mol. The molecule has 0 spiro atoms. The van der Waals surface area contributed by atoms with Crippen LogP contribution in [0.25, 0.3) is 112 Å². The second-order valence-corrected chi connectivity index (χ2v) is 15.4. The van der Waals surface area contributed by atoms with E-state index in [0.717, 1.165) is 100.0 Å². The summed E-state index contributed by atoms with van der Waals surface area (Å²) >= 11 is 0. The van der Waals surface area contributed by atoms with Gasteiger partial charge in [0.15, 0.2) is 11.6 Å². The minimum atomic E-state index is 0.703. The molecule has 0 aliphatic rings. The van der Waals surface area contributed by atoms with Gasteiger partial charge in [-0.3, -0.25) is 0 Å². The highest BCUT2D eigenvalue weighted by Gasteiger charge is 2.18. The van der Waals surface area contributed by atoms with E-state index in [1.165, 1.54) is 0 Å². The Morgan fingerprint density at radius 3 is 0.871 bits per heavy atom. The average Bonchev–Trinajstić information content (AvgIpc) is 3.36. The summed E-state index contributed by atoms with van der Waals surface area (Å²) in [5.41, 5.74) is 14.4. The van der Waals surface area contributed by atoms with Crippen molar-refractivity contribution in [3.05, 3.63) is 231 Å². The molecule has 4 nitrogen and oxygen atoms in total. The molecule has 0 fully saturated rings. The van der Waals surface area contributed by atoms with E-state index in [1.807, 2.05) is 48.5 Å². The molecule has 0 aliphatic carbocycles. The molecule has 0 radical (unpaired) electrons. The van der Waals surface area contributed by atoms with Gasteiger partial charge in [0.2, 0.25) is 0 Å². The predicted octanol–water partition coefficient (Wildman–Crippen LogP) is 14.9. The van der Waals surface area contributed by atoms with Crippen molar-refractivity contribution in [3.8, 4) is 90.1 Å². The third kappa shape index (κ3) is 7.00. The van der Waals surface area contributed by atoms with Crippen molar-refractivity contribution in [2.24, 2.45) is 0 Å². The first-order chi connectivity index (χ1) is 30.7. The van der Waals surface area contributed by atoms with Crippen molar-refractivity contribution < 1.29 is 0 Å². The Morgan fingerprint density at radius 2 is 0.484 bits per heavy atom. The second-order valence-electron chi connectivity index (χ2n) is 15.4. The van der Waals surface area contributed by atoms with Gasteiger partial charge < -0.3 is 0 Å². The van der Waals surface area contributed by atoms with Crippen molar-refractivity contribution in [1.29, 1.82) is 0 Å². The lowest BCUT2D eigenvalue weighted by Crippen LogP contribution is -1.97. The van der Waals surface area contributed by atoms with Gasteiger partial charge in [-0.15, -0.1) is 0 Å². The molecule has 2 heterocycles. The van der Waals surface area contributed by atoms with E-state index in [1.54, 1.807) is 0 Å². The van der Waals surface area contributed by atoms with Gasteiger partial charge in [0.05, 0.1) is 22.8 Å². The zero-order valence-corrected chi connectivity index (χ0v) is 33.7. The Bertz CT molecular complexity index is 3050. The fourth-order valence-corrected chi connectivity index (χ4v) is 8.52.